The number of hydrogen-bond donors (Lipinski definition) is 3. The molecule has 6 heteroatoms. The molecule has 0 aliphatic carbocycles. The smallest absolute Gasteiger partial charge is 0.248 e. The maximum absolute atomic E-state index is 10.8. The normalized spacial score (nSPS) is 9.85. The van der Waals surface area contributed by atoms with E-state index in [-0.39, 0.29) is 18.4 Å². The molecule has 0 bridgehead atoms. The Balaban J connectivity index is 3.56. The minimum absolute atomic E-state index is 0.0417. The molecule has 0 aliphatic rings. The molecule has 13 heavy (non-hydrogen) atoms. The molecule has 0 atom stereocenters. The fourth-order valence-corrected chi connectivity index (χ4v) is 0.787. The molecule has 76 valence electrons. The first-order valence-electron chi connectivity index (χ1n) is 3.98. The van der Waals surface area contributed by atoms with Gasteiger partial charge in [-0.2, -0.15) is 0 Å². The molecule has 0 heterocycles. The molecule has 0 spiro atoms. The molecule has 0 aromatic rings. The third kappa shape index (κ3) is 6.06. The topological polar surface area (TPSA) is 87.5 Å². The summed E-state index contributed by atoms with van der Waals surface area (Å²) in [7, 11) is 3.33. The Morgan fingerprint density at radius 3 is 2.46 bits per heavy atom. The van der Waals surface area contributed by atoms with Gasteiger partial charge in [-0.15, -0.1) is 0 Å². The zero-order valence-corrected chi connectivity index (χ0v) is 7.96. The molecule has 0 aromatic heterocycles. The minimum atomic E-state index is -0.264. The van der Waals surface area contributed by atoms with Gasteiger partial charge >= 0.3 is 0 Å². The van der Waals surface area contributed by atoms with E-state index in [0.717, 1.165) is 0 Å². The van der Waals surface area contributed by atoms with Crippen LogP contribution in [0.15, 0.2) is 0 Å². The summed E-state index contributed by atoms with van der Waals surface area (Å²) in [4.78, 5) is 23.3. The van der Waals surface area contributed by atoms with E-state index < -0.39 is 0 Å². The average molecular weight is 188 g/mol. The SMILES string of the molecule is CNC(=O)CCN(C)CC(=O)NN. The van der Waals surface area contributed by atoms with Crippen molar-refractivity contribution < 1.29 is 9.59 Å². The molecule has 6 nitrogen and oxygen atoms in total. The van der Waals surface area contributed by atoms with E-state index in [1.807, 2.05) is 5.43 Å². The predicted octanol–water partition coefficient (Wildman–Crippen LogP) is -1.96. The Labute approximate surface area is 77.4 Å². The van der Waals surface area contributed by atoms with Gasteiger partial charge in [-0.05, 0) is 7.05 Å². The van der Waals surface area contributed by atoms with E-state index in [1.165, 1.54) is 0 Å². The Hall–Kier alpha value is -1.14. The number of nitrogens with two attached hydrogens (primary N) is 1. The molecular weight excluding hydrogens is 172 g/mol. The lowest BCUT2D eigenvalue weighted by molar-refractivity contribution is -0.124. The fraction of sp³-hybridized carbons (Fsp3) is 0.714. The molecule has 0 rings (SSSR count). The zero-order chi connectivity index (χ0) is 10.3. The maximum atomic E-state index is 10.8. The van der Waals surface area contributed by atoms with Crippen LogP contribution in [0, 0.1) is 0 Å². The molecule has 0 aromatic carbocycles. The first-order valence-corrected chi connectivity index (χ1v) is 3.98. The van der Waals surface area contributed by atoms with Crippen LogP contribution in [0.3, 0.4) is 0 Å². The third-order valence-corrected chi connectivity index (χ3v) is 1.57. The van der Waals surface area contributed by atoms with E-state index in [9.17, 15) is 9.59 Å². The van der Waals surface area contributed by atoms with E-state index in [0.29, 0.717) is 13.0 Å². The molecule has 0 saturated heterocycles. The summed E-state index contributed by atoms with van der Waals surface area (Å²) in [5.74, 6) is 4.59. The predicted molar refractivity (Wildman–Crippen MR) is 48.5 cm³/mol. The highest BCUT2D eigenvalue weighted by Gasteiger charge is 2.06. The molecule has 0 saturated carbocycles. The van der Waals surface area contributed by atoms with Crippen LogP contribution in [0.5, 0.6) is 0 Å². The highest BCUT2D eigenvalue weighted by Crippen LogP contribution is 1.86. The van der Waals surface area contributed by atoms with E-state index in [4.69, 9.17) is 5.84 Å². The van der Waals surface area contributed by atoms with Crippen LogP contribution in [0.25, 0.3) is 0 Å². The second-order valence-electron chi connectivity index (χ2n) is 2.73. The van der Waals surface area contributed by atoms with Crippen LogP contribution in [0.2, 0.25) is 0 Å². The highest BCUT2D eigenvalue weighted by molar-refractivity contribution is 5.77. The van der Waals surface area contributed by atoms with Crippen molar-refractivity contribution in [2.45, 2.75) is 6.42 Å². The number of likely N-dealkylation sites (N-methyl/N-ethyl adjacent to an activating group) is 1. The summed E-state index contributed by atoms with van der Waals surface area (Å²) in [6.45, 7) is 0.737. The van der Waals surface area contributed by atoms with Gasteiger partial charge in [-0.25, -0.2) is 5.84 Å². The number of hydrazine groups is 1. The second-order valence-corrected chi connectivity index (χ2v) is 2.73. The van der Waals surface area contributed by atoms with Gasteiger partial charge in [-0.3, -0.25) is 19.9 Å². The fourth-order valence-electron chi connectivity index (χ4n) is 0.787. The summed E-state index contributed by atoms with van der Waals surface area (Å²) in [5.41, 5.74) is 2.02. The summed E-state index contributed by atoms with van der Waals surface area (Å²) in [6.07, 6.45) is 0.380. The number of nitrogens with zero attached hydrogens (tertiary/aromatic N) is 1. The van der Waals surface area contributed by atoms with Gasteiger partial charge in [0.05, 0.1) is 6.54 Å². The summed E-state index contributed by atoms with van der Waals surface area (Å²) < 4.78 is 0. The van der Waals surface area contributed by atoms with Gasteiger partial charge in [0.15, 0.2) is 0 Å². The van der Waals surface area contributed by atoms with Crippen LogP contribution in [-0.4, -0.2) is 43.9 Å². The lowest BCUT2D eigenvalue weighted by Gasteiger charge is -2.14. The van der Waals surface area contributed by atoms with Gasteiger partial charge in [0, 0.05) is 20.0 Å². The number of hydrogen-bond acceptors (Lipinski definition) is 4. The molecule has 4 N–H and O–H groups in total. The molecular formula is C7H16N4O2. The lowest BCUT2D eigenvalue weighted by Crippen LogP contribution is -2.39. The van der Waals surface area contributed by atoms with E-state index in [1.54, 1.807) is 19.0 Å². The number of carbonyl (C=O) groups is 2. The standard InChI is InChI=1S/C7H16N4O2/c1-9-6(12)3-4-11(2)5-7(13)10-8/h3-5,8H2,1-2H3,(H,9,12)(H,10,13). The first kappa shape index (κ1) is 11.9. The summed E-state index contributed by atoms with van der Waals surface area (Å²) in [5, 5.41) is 2.50. The zero-order valence-electron chi connectivity index (χ0n) is 7.96. The Kier molecular flexibility index (Phi) is 5.82. The van der Waals surface area contributed by atoms with Crippen molar-refractivity contribution in [1.29, 1.82) is 0 Å². The average Bonchev–Trinajstić information content (AvgIpc) is 2.13. The largest absolute Gasteiger partial charge is 0.359 e. The summed E-state index contributed by atoms with van der Waals surface area (Å²) in [6, 6.07) is 0. The van der Waals surface area contributed by atoms with Crippen LogP contribution in [0.4, 0.5) is 0 Å². The van der Waals surface area contributed by atoms with Crippen molar-refractivity contribution in [3.8, 4) is 0 Å². The lowest BCUT2D eigenvalue weighted by atomic mass is 10.3. The van der Waals surface area contributed by atoms with Crippen molar-refractivity contribution in [3.05, 3.63) is 0 Å². The summed E-state index contributed by atoms with van der Waals surface area (Å²) >= 11 is 0. The van der Waals surface area contributed by atoms with Gasteiger partial charge in [-0.1, -0.05) is 0 Å². The van der Waals surface area contributed by atoms with E-state index in [2.05, 4.69) is 5.32 Å². The number of carbonyl (C=O) groups excluding carboxylic acids is 2. The van der Waals surface area contributed by atoms with Crippen molar-refractivity contribution >= 4 is 11.8 Å². The third-order valence-electron chi connectivity index (χ3n) is 1.57. The van der Waals surface area contributed by atoms with E-state index >= 15 is 0 Å². The number of rotatable bonds is 5. The van der Waals surface area contributed by atoms with Gasteiger partial charge in [0.1, 0.15) is 0 Å². The van der Waals surface area contributed by atoms with Gasteiger partial charge in [0.25, 0.3) is 0 Å². The molecule has 2 amide bonds. The van der Waals surface area contributed by atoms with Gasteiger partial charge in [0.2, 0.25) is 11.8 Å². The van der Waals surface area contributed by atoms with Crippen LogP contribution in [-0.2, 0) is 9.59 Å². The number of amides is 2. The highest BCUT2D eigenvalue weighted by atomic mass is 16.2. The van der Waals surface area contributed by atoms with Crippen molar-refractivity contribution in [2.24, 2.45) is 5.84 Å². The van der Waals surface area contributed by atoms with Crippen molar-refractivity contribution in [2.75, 3.05) is 27.2 Å². The minimum Gasteiger partial charge on any atom is -0.359 e. The molecule has 0 aliphatic heterocycles. The Morgan fingerprint density at radius 2 is 2.00 bits per heavy atom. The van der Waals surface area contributed by atoms with Gasteiger partial charge < -0.3 is 5.32 Å². The molecule has 0 radical (unpaired) electrons. The molecule has 0 unspecified atom stereocenters. The monoisotopic (exact) mass is 188 g/mol. The quantitative estimate of drug-likeness (QED) is 0.266. The van der Waals surface area contributed by atoms with Crippen LogP contribution in [0.1, 0.15) is 6.42 Å². The Morgan fingerprint density at radius 1 is 1.38 bits per heavy atom. The van der Waals surface area contributed by atoms with Crippen LogP contribution < -0.4 is 16.6 Å². The Bertz CT molecular complexity index is 183. The van der Waals surface area contributed by atoms with Crippen LogP contribution >= 0.6 is 0 Å². The number of nitrogens with one attached hydrogen (secondary N) is 2. The molecule has 0 fully saturated rings. The second kappa shape index (κ2) is 6.38. The maximum Gasteiger partial charge on any atom is 0.248 e. The van der Waals surface area contributed by atoms with Crippen molar-refractivity contribution in [3.63, 3.8) is 0 Å². The van der Waals surface area contributed by atoms with Crippen molar-refractivity contribution in [1.82, 2.24) is 15.6 Å². The first-order chi connectivity index (χ1) is 6.10.